The molecule has 4 heteroatoms. The van der Waals surface area contributed by atoms with Gasteiger partial charge in [0, 0.05) is 23.9 Å². The van der Waals surface area contributed by atoms with E-state index < -0.39 is 6.10 Å². The maximum atomic E-state index is 12.5. The monoisotopic (exact) mass is 399 g/mol. The molecule has 0 amide bonds. The molecule has 3 aliphatic rings. The average Bonchev–Trinajstić information content (AvgIpc) is 2.98. The van der Waals surface area contributed by atoms with E-state index in [1.165, 1.54) is 17.5 Å². The van der Waals surface area contributed by atoms with Gasteiger partial charge in [0.05, 0.1) is 0 Å². The summed E-state index contributed by atoms with van der Waals surface area (Å²) in [6.45, 7) is 9.33. The zero-order chi connectivity index (χ0) is 20.8. The van der Waals surface area contributed by atoms with E-state index in [1.54, 1.807) is 0 Å². The summed E-state index contributed by atoms with van der Waals surface area (Å²) < 4.78 is 5.90. The molecule has 0 spiro atoms. The lowest BCUT2D eigenvalue weighted by Crippen LogP contribution is -2.42. The standard InChI is InChI=1S/C25H37NO3/c1-24(2,3)26-14-17(27)15-29-18-6-8-19-16(13-18)5-7-21-20(19)11-12-25(4)22(21)9-10-23(25)28/h6,8,13,17,20-22,26-27H,5,7,9-12,14-15H2,1-4H3/t17?,20?,21?,22?,25-/m0/s1. The Morgan fingerprint density at radius 2 is 2.03 bits per heavy atom. The van der Waals surface area contributed by atoms with Crippen LogP contribution < -0.4 is 10.1 Å². The number of nitrogens with one attached hydrogen (secondary N) is 1. The normalized spacial score (nSPS) is 32.3. The van der Waals surface area contributed by atoms with Gasteiger partial charge in [-0.1, -0.05) is 13.0 Å². The summed E-state index contributed by atoms with van der Waals surface area (Å²) in [5.74, 6) is 3.19. The quantitative estimate of drug-likeness (QED) is 0.778. The Labute approximate surface area is 175 Å². The van der Waals surface area contributed by atoms with Gasteiger partial charge in [0.2, 0.25) is 0 Å². The summed E-state index contributed by atoms with van der Waals surface area (Å²) in [5, 5.41) is 13.5. The number of rotatable bonds is 5. The predicted octanol–water partition coefficient (Wildman–Crippen LogP) is 4.24. The molecular weight excluding hydrogens is 362 g/mol. The van der Waals surface area contributed by atoms with E-state index in [4.69, 9.17) is 4.74 Å². The Hall–Kier alpha value is -1.39. The number of aliphatic hydroxyl groups is 1. The van der Waals surface area contributed by atoms with Gasteiger partial charge in [-0.25, -0.2) is 0 Å². The van der Waals surface area contributed by atoms with Crippen molar-refractivity contribution in [1.29, 1.82) is 0 Å². The van der Waals surface area contributed by atoms with Gasteiger partial charge >= 0.3 is 0 Å². The van der Waals surface area contributed by atoms with Crippen LogP contribution in [0.5, 0.6) is 5.75 Å². The second-order valence-electron chi connectivity index (χ2n) is 10.8. The van der Waals surface area contributed by atoms with Crippen LogP contribution in [0, 0.1) is 17.3 Å². The predicted molar refractivity (Wildman–Crippen MR) is 115 cm³/mol. The van der Waals surface area contributed by atoms with Crippen LogP contribution in [0.2, 0.25) is 0 Å². The molecular formula is C25H37NO3. The summed E-state index contributed by atoms with van der Waals surface area (Å²) in [5.41, 5.74) is 2.81. The molecule has 2 saturated carbocycles. The van der Waals surface area contributed by atoms with Crippen molar-refractivity contribution in [2.75, 3.05) is 13.2 Å². The molecule has 4 nitrogen and oxygen atoms in total. The molecule has 5 atom stereocenters. The largest absolute Gasteiger partial charge is 0.491 e. The molecule has 0 heterocycles. The number of aryl methyl sites for hydroxylation is 1. The summed E-state index contributed by atoms with van der Waals surface area (Å²) in [6.07, 6.45) is 5.79. The van der Waals surface area contributed by atoms with Gasteiger partial charge in [0.1, 0.15) is 24.2 Å². The van der Waals surface area contributed by atoms with Crippen LogP contribution >= 0.6 is 0 Å². The molecule has 2 fully saturated rings. The van der Waals surface area contributed by atoms with Gasteiger partial charge in [0.15, 0.2) is 0 Å². The van der Waals surface area contributed by atoms with Crippen LogP contribution in [0.15, 0.2) is 18.2 Å². The topological polar surface area (TPSA) is 58.6 Å². The van der Waals surface area contributed by atoms with Crippen molar-refractivity contribution in [1.82, 2.24) is 5.32 Å². The molecule has 1 aromatic rings. The average molecular weight is 400 g/mol. The molecule has 0 saturated heterocycles. The number of hydrogen-bond donors (Lipinski definition) is 2. The SMILES string of the molecule is CC(C)(C)NCC(O)COc1ccc2c(c1)CCC1C2CC[C@]2(C)C(=O)CCC12. The lowest BCUT2D eigenvalue weighted by atomic mass is 9.55. The highest BCUT2D eigenvalue weighted by Crippen LogP contribution is 2.59. The Morgan fingerprint density at radius 3 is 2.79 bits per heavy atom. The van der Waals surface area contributed by atoms with Gasteiger partial charge in [-0.05, 0) is 93.9 Å². The molecule has 0 aromatic heterocycles. The van der Waals surface area contributed by atoms with Crippen LogP contribution in [-0.4, -0.2) is 35.7 Å². The molecule has 4 rings (SSSR count). The van der Waals surface area contributed by atoms with Crippen LogP contribution in [0.25, 0.3) is 0 Å². The van der Waals surface area contributed by atoms with Crippen LogP contribution in [-0.2, 0) is 11.2 Å². The number of ketones is 1. The number of hydrogen-bond acceptors (Lipinski definition) is 4. The van der Waals surface area contributed by atoms with Gasteiger partial charge in [-0.3, -0.25) is 4.79 Å². The second kappa shape index (κ2) is 7.70. The number of ether oxygens (including phenoxy) is 1. The van der Waals surface area contributed by atoms with E-state index in [0.717, 1.165) is 37.9 Å². The molecule has 0 radical (unpaired) electrons. The highest BCUT2D eigenvalue weighted by molar-refractivity contribution is 5.87. The molecule has 29 heavy (non-hydrogen) atoms. The highest BCUT2D eigenvalue weighted by Gasteiger charge is 2.54. The Balaban J connectivity index is 1.41. The zero-order valence-electron chi connectivity index (χ0n) is 18.5. The second-order valence-corrected chi connectivity index (χ2v) is 10.8. The van der Waals surface area contributed by atoms with Crippen molar-refractivity contribution >= 4 is 5.78 Å². The minimum absolute atomic E-state index is 0.0106. The summed E-state index contributed by atoms with van der Waals surface area (Å²) in [7, 11) is 0. The molecule has 1 aromatic carbocycles. The molecule has 2 N–H and O–H groups in total. The van der Waals surface area contributed by atoms with Crippen LogP contribution in [0.3, 0.4) is 0 Å². The van der Waals surface area contributed by atoms with E-state index in [9.17, 15) is 9.90 Å². The van der Waals surface area contributed by atoms with Crippen molar-refractivity contribution in [3.8, 4) is 5.75 Å². The lowest BCUT2D eigenvalue weighted by Gasteiger charge is -2.48. The van der Waals surface area contributed by atoms with Crippen molar-refractivity contribution < 1.29 is 14.6 Å². The first-order chi connectivity index (χ1) is 13.7. The number of carbonyl (C=O) groups excluding carboxylic acids is 1. The van der Waals surface area contributed by atoms with Crippen LogP contribution in [0.4, 0.5) is 0 Å². The minimum atomic E-state index is -0.523. The third-order valence-corrected chi connectivity index (χ3v) is 7.72. The van der Waals surface area contributed by atoms with Gasteiger partial charge in [-0.15, -0.1) is 0 Å². The van der Waals surface area contributed by atoms with Gasteiger partial charge < -0.3 is 15.2 Å². The Kier molecular flexibility index (Phi) is 5.54. The summed E-state index contributed by atoms with van der Waals surface area (Å²) >= 11 is 0. The fourth-order valence-electron chi connectivity index (χ4n) is 6.09. The number of aliphatic hydroxyl groups excluding tert-OH is 1. The fourth-order valence-corrected chi connectivity index (χ4v) is 6.09. The molecule has 160 valence electrons. The van der Waals surface area contributed by atoms with Crippen LogP contribution in [0.1, 0.15) is 76.8 Å². The van der Waals surface area contributed by atoms with E-state index >= 15 is 0 Å². The number of Topliss-reactive ketones (excluding diaryl/α,β-unsaturated/α-hetero) is 1. The van der Waals surface area contributed by atoms with E-state index in [0.29, 0.717) is 36.7 Å². The van der Waals surface area contributed by atoms with Crippen molar-refractivity contribution in [2.24, 2.45) is 17.3 Å². The maximum absolute atomic E-state index is 12.5. The fraction of sp³-hybridized carbons (Fsp3) is 0.720. The first kappa shape index (κ1) is 20.9. The molecule has 4 unspecified atom stereocenters. The number of benzene rings is 1. The Bertz CT molecular complexity index is 768. The van der Waals surface area contributed by atoms with Gasteiger partial charge in [0.25, 0.3) is 0 Å². The van der Waals surface area contributed by atoms with E-state index in [2.05, 4.69) is 51.2 Å². The van der Waals surface area contributed by atoms with Crippen molar-refractivity contribution in [2.45, 2.75) is 83.8 Å². The number of carbonyl (C=O) groups is 1. The smallest absolute Gasteiger partial charge is 0.139 e. The van der Waals surface area contributed by atoms with Gasteiger partial charge in [-0.2, -0.15) is 0 Å². The van der Waals surface area contributed by atoms with Crippen molar-refractivity contribution in [3.05, 3.63) is 29.3 Å². The maximum Gasteiger partial charge on any atom is 0.139 e. The number of β-amino-alcohol motifs (C(OH)–C–C–N with tert-alkyl or cyclic N) is 1. The summed E-state index contributed by atoms with van der Waals surface area (Å²) in [4.78, 5) is 12.5. The summed E-state index contributed by atoms with van der Waals surface area (Å²) in [6, 6.07) is 6.50. The lowest BCUT2D eigenvalue weighted by molar-refractivity contribution is -0.129. The molecule has 3 aliphatic carbocycles. The van der Waals surface area contributed by atoms with Crippen molar-refractivity contribution in [3.63, 3.8) is 0 Å². The molecule has 0 aliphatic heterocycles. The Morgan fingerprint density at radius 1 is 1.24 bits per heavy atom. The zero-order valence-corrected chi connectivity index (χ0v) is 18.5. The van der Waals surface area contributed by atoms with E-state index in [1.807, 2.05) is 0 Å². The highest BCUT2D eigenvalue weighted by atomic mass is 16.5. The minimum Gasteiger partial charge on any atom is -0.491 e. The first-order valence-electron chi connectivity index (χ1n) is 11.4. The number of fused-ring (bicyclic) bond motifs is 5. The third kappa shape index (κ3) is 4.11. The van der Waals surface area contributed by atoms with E-state index in [-0.39, 0.29) is 11.0 Å². The third-order valence-electron chi connectivity index (χ3n) is 7.72. The molecule has 0 bridgehead atoms. The first-order valence-corrected chi connectivity index (χ1v) is 11.4.